The number of hydrogen-bond acceptors (Lipinski definition) is 6. The summed E-state index contributed by atoms with van der Waals surface area (Å²) in [6.45, 7) is 5.82. The van der Waals surface area contributed by atoms with E-state index in [2.05, 4.69) is 38.1 Å². The average Bonchev–Trinajstić information content (AvgIpc) is 3.18. The van der Waals surface area contributed by atoms with Crippen molar-refractivity contribution >= 4 is 16.7 Å². The number of aromatic nitrogens is 4. The molecule has 0 saturated carbocycles. The largest absolute Gasteiger partial charge is 0.368 e. The molecule has 0 spiro atoms. The first-order valence-electron chi connectivity index (χ1n) is 7.03. The highest BCUT2D eigenvalue weighted by Gasteiger charge is 2.33. The number of rotatable bonds is 5. The lowest BCUT2D eigenvalue weighted by atomic mass is 10.1. The summed E-state index contributed by atoms with van der Waals surface area (Å²) in [4.78, 5) is 8.91. The lowest BCUT2D eigenvalue weighted by Gasteiger charge is -2.19. The zero-order chi connectivity index (χ0) is 13.9. The summed E-state index contributed by atoms with van der Waals surface area (Å²) < 4.78 is 12.3. The van der Waals surface area contributed by atoms with Crippen LogP contribution in [0.3, 0.4) is 0 Å². The third-order valence-electron chi connectivity index (χ3n) is 3.53. The Bertz CT molecular complexity index is 567. The molecule has 2 aromatic heterocycles. The van der Waals surface area contributed by atoms with Crippen LogP contribution in [0.15, 0.2) is 12.4 Å². The Morgan fingerprint density at radius 2 is 2.40 bits per heavy atom. The third kappa shape index (κ3) is 2.55. The van der Waals surface area contributed by atoms with Crippen LogP contribution in [-0.4, -0.2) is 31.6 Å². The summed E-state index contributed by atoms with van der Waals surface area (Å²) in [6, 6.07) is 0.209. The van der Waals surface area contributed by atoms with Crippen molar-refractivity contribution in [1.29, 1.82) is 0 Å². The highest BCUT2D eigenvalue weighted by atomic mass is 32.1. The molecular weight excluding hydrogens is 274 g/mol. The average molecular weight is 293 g/mol. The van der Waals surface area contributed by atoms with Crippen LogP contribution in [0, 0.1) is 0 Å². The van der Waals surface area contributed by atoms with E-state index in [1.807, 2.05) is 12.4 Å². The molecule has 0 radical (unpaired) electrons. The van der Waals surface area contributed by atoms with Gasteiger partial charge in [-0.2, -0.15) is 4.37 Å². The SMILES string of the molecule is CCc1nsc(N[C@H]2CCO[C@@H]2c2nccn2CC)n1. The molecule has 3 heterocycles. The fourth-order valence-electron chi connectivity index (χ4n) is 2.45. The molecular formula is C13H19N5OS. The summed E-state index contributed by atoms with van der Waals surface area (Å²) >= 11 is 1.42. The molecule has 2 aromatic rings. The van der Waals surface area contributed by atoms with Gasteiger partial charge in [-0.3, -0.25) is 0 Å². The van der Waals surface area contributed by atoms with Crippen LogP contribution in [0.1, 0.15) is 38.0 Å². The maximum Gasteiger partial charge on any atom is 0.202 e. The van der Waals surface area contributed by atoms with Gasteiger partial charge in [0.25, 0.3) is 0 Å². The molecule has 1 N–H and O–H groups in total. The van der Waals surface area contributed by atoms with Gasteiger partial charge in [-0.15, -0.1) is 0 Å². The number of aryl methyl sites for hydroxylation is 2. The van der Waals surface area contributed by atoms with Gasteiger partial charge < -0.3 is 14.6 Å². The first kappa shape index (κ1) is 13.5. The van der Waals surface area contributed by atoms with E-state index >= 15 is 0 Å². The summed E-state index contributed by atoms with van der Waals surface area (Å²) in [7, 11) is 0. The zero-order valence-corrected chi connectivity index (χ0v) is 12.6. The number of nitrogens with zero attached hydrogens (tertiary/aromatic N) is 4. The van der Waals surface area contributed by atoms with Crippen molar-refractivity contribution in [2.75, 3.05) is 11.9 Å². The Morgan fingerprint density at radius 1 is 1.50 bits per heavy atom. The molecule has 1 aliphatic heterocycles. The van der Waals surface area contributed by atoms with Crippen molar-refractivity contribution in [3.8, 4) is 0 Å². The van der Waals surface area contributed by atoms with Crippen LogP contribution in [0.2, 0.25) is 0 Å². The predicted octanol–water partition coefficient (Wildman–Crippen LogP) is 2.26. The van der Waals surface area contributed by atoms with Gasteiger partial charge in [0.1, 0.15) is 17.8 Å². The van der Waals surface area contributed by atoms with E-state index in [0.717, 1.165) is 42.8 Å². The minimum Gasteiger partial charge on any atom is -0.368 e. The fourth-order valence-corrected chi connectivity index (χ4v) is 3.16. The summed E-state index contributed by atoms with van der Waals surface area (Å²) in [5, 5.41) is 4.32. The number of nitrogens with one attached hydrogen (secondary N) is 1. The molecule has 3 rings (SSSR count). The zero-order valence-electron chi connectivity index (χ0n) is 11.7. The standard InChI is InChI=1S/C13H19N5OS/c1-3-10-16-13(20-17-10)15-9-5-8-19-11(9)12-14-6-7-18(12)4-2/h6-7,9,11H,3-5,8H2,1-2H3,(H,15,16,17)/t9-,11-/m0/s1. The topological polar surface area (TPSA) is 64.9 Å². The number of hydrogen-bond donors (Lipinski definition) is 1. The maximum absolute atomic E-state index is 5.87. The Kier molecular flexibility index (Phi) is 3.98. The fraction of sp³-hybridized carbons (Fsp3) is 0.615. The van der Waals surface area contributed by atoms with E-state index < -0.39 is 0 Å². The summed E-state index contributed by atoms with van der Waals surface area (Å²) in [5.74, 6) is 1.88. The predicted molar refractivity (Wildman–Crippen MR) is 77.9 cm³/mol. The van der Waals surface area contributed by atoms with Gasteiger partial charge in [0.05, 0.1) is 6.04 Å². The summed E-state index contributed by atoms with van der Waals surface area (Å²) in [6.07, 6.45) is 5.64. The van der Waals surface area contributed by atoms with Crippen molar-refractivity contribution in [2.45, 2.75) is 45.4 Å². The van der Waals surface area contributed by atoms with E-state index in [1.165, 1.54) is 11.5 Å². The van der Waals surface area contributed by atoms with E-state index in [-0.39, 0.29) is 12.1 Å². The van der Waals surface area contributed by atoms with E-state index in [9.17, 15) is 0 Å². The van der Waals surface area contributed by atoms with Gasteiger partial charge in [-0.05, 0) is 13.3 Å². The Labute approximate surface area is 122 Å². The van der Waals surface area contributed by atoms with Crippen LogP contribution in [-0.2, 0) is 17.7 Å². The van der Waals surface area contributed by atoms with Crippen LogP contribution >= 0.6 is 11.5 Å². The second-order valence-electron chi connectivity index (χ2n) is 4.77. The molecule has 0 aromatic carbocycles. The summed E-state index contributed by atoms with van der Waals surface area (Å²) in [5.41, 5.74) is 0. The Morgan fingerprint density at radius 3 is 3.15 bits per heavy atom. The van der Waals surface area contributed by atoms with Crippen molar-refractivity contribution < 1.29 is 4.74 Å². The molecule has 1 saturated heterocycles. The molecule has 6 nitrogen and oxygen atoms in total. The normalized spacial score (nSPS) is 22.3. The maximum atomic E-state index is 5.87. The van der Waals surface area contributed by atoms with Gasteiger partial charge in [-0.25, -0.2) is 9.97 Å². The van der Waals surface area contributed by atoms with Crippen LogP contribution in [0.5, 0.6) is 0 Å². The van der Waals surface area contributed by atoms with Gasteiger partial charge in [0.15, 0.2) is 0 Å². The Hall–Kier alpha value is -1.47. The molecule has 7 heteroatoms. The molecule has 0 unspecified atom stereocenters. The molecule has 108 valence electrons. The van der Waals surface area contributed by atoms with E-state index in [1.54, 1.807) is 0 Å². The monoisotopic (exact) mass is 293 g/mol. The number of ether oxygens (including phenoxy) is 1. The highest BCUT2D eigenvalue weighted by Crippen LogP contribution is 2.31. The van der Waals surface area contributed by atoms with Crippen molar-refractivity contribution in [3.63, 3.8) is 0 Å². The van der Waals surface area contributed by atoms with Gasteiger partial charge in [0, 0.05) is 43.5 Å². The smallest absolute Gasteiger partial charge is 0.202 e. The quantitative estimate of drug-likeness (QED) is 0.916. The second-order valence-corrected chi connectivity index (χ2v) is 5.52. The molecule has 1 aliphatic rings. The molecule has 0 bridgehead atoms. The molecule has 2 atom stereocenters. The number of anilines is 1. The van der Waals surface area contributed by atoms with Gasteiger partial charge in [0.2, 0.25) is 5.13 Å². The van der Waals surface area contributed by atoms with Gasteiger partial charge >= 0.3 is 0 Å². The molecule has 1 fully saturated rings. The first-order chi connectivity index (χ1) is 9.81. The minimum atomic E-state index is -0.0149. The van der Waals surface area contributed by atoms with Crippen LogP contribution in [0.4, 0.5) is 5.13 Å². The minimum absolute atomic E-state index is 0.0149. The lowest BCUT2D eigenvalue weighted by molar-refractivity contribution is 0.0976. The number of imidazole rings is 1. The lowest BCUT2D eigenvalue weighted by Crippen LogP contribution is -2.25. The van der Waals surface area contributed by atoms with Gasteiger partial charge in [-0.1, -0.05) is 6.92 Å². The van der Waals surface area contributed by atoms with Crippen molar-refractivity contribution in [3.05, 3.63) is 24.0 Å². The molecule has 0 amide bonds. The Balaban J connectivity index is 1.75. The third-order valence-corrected chi connectivity index (χ3v) is 4.21. The molecule has 0 aliphatic carbocycles. The van der Waals surface area contributed by atoms with Crippen LogP contribution < -0.4 is 5.32 Å². The molecule has 20 heavy (non-hydrogen) atoms. The van der Waals surface area contributed by atoms with Crippen molar-refractivity contribution in [1.82, 2.24) is 18.9 Å². The van der Waals surface area contributed by atoms with E-state index in [0.29, 0.717) is 0 Å². The second kappa shape index (κ2) is 5.88. The highest BCUT2D eigenvalue weighted by molar-refractivity contribution is 7.09. The first-order valence-corrected chi connectivity index (χ1v) is 7.81. The van der Waals surface area contributed by atoms with Crippen LogP contribution in [0.25, 0.3) is 0 Å². The van der Waals surface area contributed by atoms with Crippen molar-refractivity contribution in [2.24, 2.45) is 0 Å². The van der Waals surface area contributed by atoms with E-state index in [4.69, 9.17) is 4.74 Å².